The van der Waals surface area contributed by atoms with Gasteiger partial charge in [-0.3, -0.25) is 9.59 Å². The van der Waals surface area contributed by atoms with Crippen LogP contribution in [0.4, 0.5) is 13.2 Å². The number of para-hydroxylation sites is 2. The molecule has 4 aromatic rings. The van der Waals surface area contributed by atoms with Crippen LogP contribution in [0, 0.1) is 0 Å². The summed E-state index contributed by atoms with van der Waals surface area (Å²) in [6, 6.07) is 13.5. The summed E-state index contributed by atoms with van der Waals surface area (Å²) < 4.78 is 45.7. The number of carbonyl (C=O) groups is 1. The molecule has 0 aliphatic heterocycles. The molecule has 0 radical (unpaired) electrons. The van der Waals surface area contributed by atoms with Gasteiger partial charge < -0.3 is 15.0 Å². The molecule has 0 saturated heterocycles. The molecule has 0 fully saturated rings. The van der Waals surface area contributed by atoms with Gasteiger partial charge >= 0.3 is 6.18 Å². The number of rotatable bonds is 6. The number of aromatic amines is 1. The second-order valence-corrected chi connectivity index (χ2v) is 7.23. The minimum absolute atomic E-state index is 0.111. The van der Waals surface area contributed by atoms with Crippen molar-refractivity contribution in [1.29, 1.82) is 0 Å². The van der Waals surface area contributed by atoms with Crippen molar-refractivity contribution in [1.82, 2.24) is 25.1 Å². The van der Waals surface area contributed by atoms with Crippen molar-refractivity contribution < 1.29 is 22.7 Å². The number of nitrogens with zero attached hydrogens (tertiary/aromatic N) is 3. The number of H-pyrrole nitrogens is 1. The normalized spacial score (nSPS) is 11.5. The van der Waals surface area contributed by atoms with E-state index in [1.165, 1.54) is 12.1 Å². The van der Waals surface area contributed by atoms with Gasteiger partial charge in [0, 0.05) is 6.07 Å². The first kappa shape index (κ1) is 22.3. The van der Waals surface area contributed by atoms with E-state index in [2.05, 4.69) is 20.4 Å². The fourth-order valence-electron chi connectivity index (χ4n) is 2.99. The first-order chi connectivity index (χ1) is 15.7. The van der Waals surface area contributed by atoms with E-state index >= 15 is 0 Å². The Morgan fingerprint density at radius 3 is 2.64 bits per heavy atom. The second-order valence-electron chi connectivity index (χ2n) is 6.82. The Bertz CT molecular complexity index is 1380. The maximum Gasteiger partial charge on any atom is 0.435 e. The fraction of sp³-hybridized carbons (Fsp3) is 0.143. The molecule has 0 aliphatic rings. The molecule has 0 unspecified atom stereocenters. The molecular weight excluding hydrogens is 463 g/mol. The molecule has 1 amide bonds. The van der Waals surface area contributed by atoms with E-state index in [1.54, 1.807) is 36.4 Å². The summed E-state index contributed by atoms with van der Waals surface area (Å²) in [4.78, 5) is 31.1. The summed E-state index contributed by atoms with van der Waals surface area (Å²) >= 11 is 6.08. The number of benzene rings is 2. The van der Waals surface area contributed by atoms with Crippen LogP contribution in [0.15, 0.2) is 59.4 Å². The fourth-order valence-corrected chi connectivity index (χ4v) is 3.21. The number of ether oxygens (including phenoxy) is 1. The summed E-state index contributed by atoms with van der Waals surface area (Å²) in [6.45, 7) is -0.717. The van der Waals surface area contributed by atoms with Gasteiger partial charge in [0.2, 0.25) is 5.88 Å². The van der Waals surface area contributed by atoms with Crippen LogP contribution in [0.3, 0.4) is 0 Å². The van der Waals surface area contributed by atoms with Crippen LogP contribution in [-0.2, 0) is 17.5 Å². The van der Waals surface area contributed by atoms with Crippen molar-refractivity contribution in [2.45, 2.75) is 12.7 Å². The Kier molecular flexibility index (Phi) is 6.05. The predicted molar refractivity (Wildman–Crippen MR) is 113 cm³/mol. The van der Waals surface area contributed by atoms with Gasteiger partial charge in [-0.15, -0.1) is 0 Å². The van der Waals surface area contributed by atoms with E-state index in [0.29, 0.717) is 17.0 Å². The lowest BCUT2D eigenvalue weighted by molar-refractivity contribution is -0.141. The van der Waals surface area contributed by atoms with Crippen molar-refractivity contribution in [3.05, 3.63) is 81.5 Å². The molecule has 2 heterocycles. The molecule has 2 aromatic carbocycles. The number of hydrogen-bond donors (Lipinski definition) is 2. The third kappa shape index (κ3) is 4.98. The highest BCUT2D eigenvalue weighted by atomic mass is 35.5. The van der Waals surface area contributed by atoms with Crippen LogP contribution in [0.1, 0.15) is 11.5 Å². The Morgan fingerprint density at radius 2 is 1.88 bits per heavy atom. The zero-order chi connectivity index (χ0) is 23.6. The third-order valence-electron chi connectivity index (χ3n) is 4.51. The van der Waals surface area contributed by atoms with Crippen molar-refractivity contribution in [3.63, 3.8) is 0 Å². The van der Waals surface area contributed by atoms with Crippen LogP contribution in [0.2, 0.25) is 5.02 Å². The molecule has 0 bridgehead atoms. The lowest BCUT2D eigenvalue weighted by Crippen LogP contribution is -2.30. The van der Waals surface area contributed by atoms with E-state index in [0.717, 1.165) is 4.68 Å². The molecule has 0 spiro atoms. The molecule has 33 heavy (non-hydrogen) atoms. The highest BCUT2D eigenvalue weighted by molar-refractivity contribution is 6.32. The Hall–Kier alpha value is -3.86. The first-order valence-electron chi connectivity index (χ1n) is 9.52. The average molecular weight is 478 g/mol. The second kappa shape index (κ2) is 8.94. The summed E-state index contributed by atoms with van der Waals surface area (Å²) in [5.74, 6) is -0.749. The lowest BCUT2D eigenvalue weighted by atomic mass is 10.2. The quantitative estimate of drug-likeness (QED) is 0.443. The van der Waals surface area contributed by atoms with E-state index in [1.807, 2.05) is 0 Å². The lowest BCUT2D eigenvalue weighted by Gasteiger charge is -2.10. The average Bonchev–Trinajstić information content (AvgIpc) is 3.21. The van der Waals surface area contributed by atoms with E-state index < -0.39 is 24.4 Å². The monoisotopic (exact) mass is 477 g/mol. The van der Waals surface area contributed by atoms with Crippen LogP contribution >= 0.6 is 11.6 Å². The largest absolute Gasteiger partial charge is 0.467 e. The number of carbonyl (C=O) groups excluding carboxylic acids is 1. The summed E-state index contributed by atoms with van der Waals surface area (Å²) in [5.41, 5.74) is -0.937. The van der Waals surface area contributed by atoms with Gasteiger partial charge in [0.05, 0.1) is 28.2 Å². The first-order valence-corrected chi connectivity index (χ1v) is 9.90. The van der Waals surface area contributed by atoms with Crippen LogP contribution < -0.4 is 15.6 Å². The molecule has 0 aliphatic carbocycles. The molecule has 8 nitrogen and oxygen atoms in total. The number of amides is 1. The van der Waals surface area contributed by atoms with Crippen molar-refractivity contribution in [2.75, 3.05) is 6.61 Å². The van der Waals surface area contributed by atoms with Crippen LogP contribution in [0.5, 0.6) is 5.88 Å². The van der Waals surface area contributed by atoms with E-state index in [-0.39, 0.29) is 34.5 Å². The van der Waals surface area contributed by atoms with Crippen molar-refractivity contribution >= 4 is 28.4 Å². The van der Waals surface area contributed by atoms with Gasteiger partial charge in [-0.1, -0.05) is 35.9 Å². The minimum Gasteiger partial charge on any atom is -0.467 e. The van der Waals surface area contributed by atoms with Crippen molar-refractivity contribution in [2.24, 2.45) is 0 Å². The zero-order valence-electron chi connectivity index (χ0n) is 16.7. The van der Waals surface area contributed by atoms with Gasteiger partial charge in [0.25, 0.3) is 11.5 Å². The summed E-state index contributed by atoms with van der Waals surface area (Å²) in [7, 11) is 0. The molecule has 2 N–H and O–H groups in total. The maximum absolute atomic E-state index is 13.2. The maximum atomic E-state index is 13.2. The SMILES string of the molecule is O=C(COc1cc(C(F)(F)F)nn1-c1ccccc1Cl)NCc1nc2ccccc2c(=O)[nH]1. The number of fused-ring (bicyclic) bond motifs is 1. The van der Waals surface area contributed by atoms with Crippen LogP contribution in [0.25, 0.3) is 16.6 Å². The highest BCUT2D eigenvalue weighted by Crippen LogP contribution is 2.33. The topological polar surface area (TPSA) is 102 Å². The molecule has 170 valence electrons. The molecule has 4 rings (SSSR count). The van der Waals surface area contributed by atoms with Crippen LogP contribution in [-0.4, -0.2) is 32.3 Å². The highest BCUT2D eigenvalue weighted by Gasteiger charge is 2.36. The van der Waals surface area contributed by atoms with E-state index in [4.69, 9.17) is 16.3 Å². The summed E-state index contributed by atoms with van der Waals surface area (Å²) in [6.07, 6.45) is -4.72. The molecule has 0 saturated carbocycles. The van der Waals surface area contributed by atoms with Gasteiger partial charge in [-0.25, -0.2) is 4.98 Å². The molecule has 2 aromatic heterocycles. The Balaban J connectivity index is 1.47. The number of alkyl halides is 3. The van der Waals surface area contributed by atoms with Crippen molar-refractivity contribution in [3.8, 4) is 11.6 Å². The predicted octanol–water partition coefficient (Wildman–Crippen LogP) is 3.48. The Labute approximate surface area is 189 Å². The zero-order valence-corrected chi connectivity index (χ0v) is 17.4. The van der Waals surface area contributed by atoms with E-state index in [9.17, 15) is 22.8 Å². The smallest absolute Gasteiger partial charge is 0.435 e. The van der Waals surface area contributed by atoms with Gasteiger partial charge in [-0.2, -0.15) is 23.0 Å². The standard InChI is InChI=1S/C21H15ClF3N5O3/c22-13-6-2-4-8-15(13)30-19(9-16(29-30)21(23,24)25)33-11-18(31)26-10-17-27-14-7-3-1-5-12(14)20(32)28-17/h1-9H,10-11H2,(H,26,31)(H,27,28,32). The number of hydrogen-bond acceptors (Lipinski definition) is 5. The van der Waals surface area contributed by atoms with Gasteiger partial charge in [0.1, 0.15) is 5.82 Å². The minimum atomic E-state index is -4.72. The molecule has 12 heteroatoms. The Morgan fingerprint density at radius 1 is 1.15 bits per heavy atom. The molecular formula is C21H15ClF3N5O3. The third-order valence-corrected chi connectivity index (χ3v) is 4.83. The number of aromatic nitrogens is 4. The van der Waals surface area contributed by atoms with Gasteiger partial charge in [-0.05, 0) is 24.3 Å². The summed E-state index contributed by atoms with van der Waals surface area (Å²) in [5, 5.41) is 6.57. The number of nitrogens with one attached hydrogen (secondary N) is 2. The van der Waals surface area contributed by atoms with Gasteiger partial charge in [0.15, 0.2) is 12.3 Å². The molecule has 0 atom stereocenters. The number of halogens is 4.